The van der Waals surface area contributed by atoms with Crippen molar-refractivity contribution in [3.05, 3.63) is 45.6 Å². The summed E-state index contributed by atoms with van der Waals surface area (Å²) in [7, 11) is 0. The molecule has 96 valence electrons. The zero-order chi connectivity index (χ0) is 12.6. The number of allylic oxidation sites excluding steroid dienone is 4. The van der Waals surface area contributed by atoms with Gasteiger partial charge in [0, 0.05) is 0 Å². The minimum absolute atomic E-state index is 0. The summed E-state index contributed by atoms with van der Waals surface area (Å²) < 4.78 is 5.89. The van der Waals surface area contributed by atoms with E-state index < -0.39 is 0 Å². The first-order valence-electron chi connectivity index (χ1n) is 6.12. The Kier molecular flexibility index (Phi) is 5.83. The molecular formula is C15H19ClOZr. The van der Waals surface area contributed by atoms with Crippen LogP contribution >= 0.6 is 0 Å². The van der Waals surface area contributed by atoms with Gasteiger partial charge in [0.15, 0.2) is 0 Å². The van der Waals surface area contributed by atoms with Crippen molar-refractivity contribution in [3.8, 4) is 0 Å². The molecule has 0 heterocycles. The van der Waals surface area contributed by atoms with E-state index in [9.17, 15) is 0 Å². The molecule has 0 N–H and O–H groups in total. The van der Waals surface area contributed by atoms with Crippen molar-refractivity contribution in [3.63, 3.8) is 0 Å². The molecule has 2 aliphatic carbocycles. The summed E-state index contributed by atoms with van der Waals surface area (Å²) in [5.74, 6) is 0. The van der Waals surface area contributed by atoms with Crippen LogP contribution < -0.4 is 12.4 Å². The van der Waals surface area contributed by atoms with Crippen LogP contribution in [0, 0.1) is 0 Å². The first-order chi connectivity index (χ1) is 8.06. The van der Waals surface area contributed by atoms with E-state index >= 15 is 0 Å². The van der Waals surface area contributed by atoms with Crippen molar-refractivity contribution in [2.45, 2.75) is 46.6 Å². The van der Waals surface area contributed by atoms with Crippen molar-refractivity contribution >= 4 is 0 Å². The second-order valence-electron chi connectivity index (χ2n) is 5.07. The summed E-state index contributed by atoms with van der Waals surface area (Å²) in [5, 5.41) is 0. The summed E-state index contributed by atoms with van der Waals surface area (Å²) >= 11 is 1.15. The van der Waals surface area contributed by atoms with E-state index in [1.807, 2.05) is 0 Å². The molecule has 18 heavy (non-hydrogen) atoms. The van der Waals surface area contributed by atoms with Crippen LogP contribution in [0.25, 0.3) is 0 Å². The molecule has 0 aromatic rings. The zero-order valence-electron chi connectivity index (χ0n) is 11.4. The van der Waals surface area contributed by atoms with Gasteiger partial charge in [-0.3, -0.25) is 0 Å². The molecule has 0 amide bonds. The molecule has 1 nitrogen and oxygen atoms in total. The van der Waals surface area contributed by atoms with Gasteiger partial charge in [0.1, 0.15) is 0 Å². The van der Waals surface area contributed by atoms with Gasteiger partial charge in [0.25, 0.3) is 0 Å². The number of hydrogen-bond donors (Lipinski definition) is 0. The Hall–Kier alpha value is 0.0931. The van der Waals surface area contributed by atoms with E-state index in [1.54, 1.807) is 0 Å². The minimum atomic E-state index is 0. The Morgan fingerprint density at radius 1 is 0.944 bits per heavy atom. The monoisotopic (exact) mass is 340 g/mol. The van der Waals surface area contributed by atoms with Gasteiger partial charge in [-0.15, -0.1) is 0 Å². The predicted octanol–water partition coefficient (Wildman–Crippen LogP) is 1.17. The predicted molar refractivity (Wildman–Crippen MR) is 67.0 cm³/mol. The Labute approximate surface area is 132 Å². The fourth-order valence-corrected chi connectivity index (χ4v) is 3.43. The fourth-order valence-electron chi connectivity index (χ4n) is 2.85. The minimum Gasteiger partial charge on any atom is -1.00 e. The van der Waals surface area contributed by atoms with Gasteiger partial charge in [0.05, 0.1) is 0 Å². The third-order valence-electron chi connectivity index (χ3n) is 3.84. The average Bonchev–Trinajstić information content (AvgIpc) is 2.78. The van der Waals surface area contributed by atoms with Crippen molar-refractivity contribution in [1.82, 2.24) is 0 Å². The third-order valence-corrected chi connectivity index (χ3v) is 4.42. The van der Waals surface area contributed by atoms with Crippen LogP contribution in [0.15, 0.2) is 45.6 Å². The molecule has 0 radical (unpaired) electrons. The molecular weight excluding hydrogens is 323 g/mol. The smallest absolute Gasteiger partial charge is 1.00 e. The molecule has 3 heteroatoms. The maximum absolute atomic E-state index is 5.89. The van der Waals surface area contributed by atoms with Gasteiger partial charge in [-0.05, 0) is 0 Å². The molecule has 0 spiro atoms. The Morgan fingerprint density at radius 2 is 1.33 bits per heavy atom. The van der Waals surface area contributed by atoms with Crippen molar-refractivity contribution in [2.24, 2.45) is 0 Å². The van der Waals surface area contributed by atoms with Gasteiger partial charge < -0.3 is 12.4 Å². The molecule has 2 aliphatic rings. The second-order valence-corrected chi connectivity index (χ2v) is 5.65. The molecule has 2 rings (SSSR count). The molecule has 0 unspecified atom stereocenters. The van der Waals surface area contributed by atoms with Crippen LogP contribution in [-0.2, 0) is 28.0 Å². The molecule has 0 saturated carbocycles. The standard InChI is InChI=1S/C15H19O.ClH.Zr/c1-9-5-6-10(2)13(9)15(16)14-11(3)7-8-12(14)4;;/h5,7,15H,6,8H2,1-4H3;1H;/q-1;;+2/p-1. The summed E-state index contributed by atoms with van der Waals surface area (Å²) in [6.07, 6.45) is 6.98. The van der Waals surface area contributed by atoms with Gasteiger partial charge >= 0.3 is 120 Å². The van der Waals surface area contributed by atoms with E-state index in [1.165, 1.54) is 33.4 Å². The first-order valence-corrected chi connectivity index (χ1v) is 7.12. The van der Waals surface area contributed by atoms with Crippen LogP contribution in [-0.4, -0.2) is 6.10 Å². The van der Waals surface area contributed by atoms with E-state index in [-0.39, 0.29) is 18.5 Å². The van der Waals surface area contributed by atoms with Crippen molar-refractivity contribution in [1.29, 1.82) is 0 Å². The van der Waals surface area contributed by atoms with Gasteiger partial charge in [-0.25, -0.2) is 0 Å². The summed E-state index contributed by atoms with van der Waals surface area (Å²) in [4.78, 5) is 0. The van der Waals surface area contributed by atoms with Crippen LogP contribution in [0.5, 0.6) is 0 Å². The molecule has 0 aromatic carbocycles. The third kappa shape index (κ3) is 2.81. The van der Waals surface area contributed by atoms with Crippen LogP contribution in [0.4, 0.5) is 0 Å². The van der Waals surface area contributed by atoms with Gasteiger partial charge in [-0.1, -0.05) is 0 Å². The van der Waals surface area contributed by atoms with Gasteiger partial charge in [0.2, 0.25) is 0 Å². The maximum atomic E-state index is 5.89. The van der Waals surface area contributed by atoms with E-state index in [4.69, 9.17) is 2.81 Å². The molecule has 0 bridgehead atoms. The molecule has 0 saturated heterocycles. The number of hydrogen-bond acceptors (Lipinski definition) is 1. The first kappa shape index (κ1) is 16.1. The zero-order valence-corrected chi connectivity index (χ0v) is 14.6. The summed E-state index contributed by atoms with van der Waals surface area (Å²) in [6, 6.07) is 0. The molecule has 0 atom stereocenters. The van der Waals surface area contributed by atoms with Crippen molar-refractivity contribution < 1.29 is 40.4 Å². The van der Waals surface area contributed by atoms with Crippen LogP contribution in [0.1, 0.15) is 40.5 Å². The van der Waals surface area contributed by atoms with E-state index in [0.717, 1.165) is 38.0 Å². The van der Waals surface area contributed by atoms with Crippen LogP contribution in [0.2, 0.25) is 0 Å². The maximum Gasteiger partial charge on any atom is -1.00 e. The Balaban J connectivity index is 0.00000162. The topological polar surface area (TPSA) is 9.23 Å². The number of rotatable bonds is 3. The quantitative estimate of drug-likeness (QED) is 0.749. The SMILES string of the molecule is CC1=CCC(C)=C1C([O][Zr+])C1=C(C)CC=C1C.[Cl-]. The largest absolute Gasteiger partial charge is 1.00 e. The number of halogens is 1. The molecule has 0 aliphatic heterocycles. The second kappa shape index (κ2) is 6.50. The van der Waals surface area contributed by atoms with E-state index in [0.29, 0.717) is 0 Å². The normalized spacial score (nSPS) is 19.3. The summed E-state index contributed by atoms with van der Waals surface area (Å²) in [6.45, 7) is 8.87. The Morgan fingerprint density at radius 3 is 1.56 bits per heavy atom. The van der Waals surface area contributed by atoms with Crippen LogP contribution in [0.3, 0.4) is 0 Å². The molecule has 0 fully saturated rings. The van der Waals surface area contributed by atoms with Gasteiger partial charge in [-0.2, -0.15) is 0 Å². The summed E-state index contributed by atoms with van der Waals surface area (Å²) in [5.41, 5.74) is 8.58. The van der Waals surface area contributed by atoms with E-state index in [2.05, 4.69) is 39.8 Å². The van der Waals surface area contributed by atoms with Crippen molar-refractivity contribution in [2.75, 3.05) is 0 Å². The average molecular weight is 342 g/mol. The Bertz CT molecular complexity index is 427. The molecule has 0 aromatic heterocycles. The fraction of sp³-hybridized carbons (Fsp3) is 0.467.